The third-order valence-electron chi connectivity index (χ3n) is 6.06. The van der Waals surface area contributed by atoms with Gasteiger partial charge >= 0.3 is 0 Å². The molecule has 5 rings (SSSR count). The number of benzene rings is 2. The normalized spacial score (nSPS) is 24.8. The molecule has 0 radical (unpaired) electrons. The van der Waals surface area contributed by atoms with Crippen LogP contribution in [0.5, 0.6) is 0 Å². The monoisotopic (exact) mass is 409 g/mol. The van der Waals surface area contributed by atoms with Gasteiger partial charge in [-0.05, 0) is 36.1 Å². The maximum absolute atomic E-state index is 13.6. The van der Waals surface area contributed by atoms with Crippen LogP contribution in [0.4, 0.5) is 5.69 Å². The number of carbonyl (C=O) groups is 1. The van der Waals surface area contributed by atoms with Gasteiger partial charge in [0.2, 0.25) is 0 Å². The number of nitrogens with zero attached hydrogens (tertiary/aromatic N) is 1. The topological polar surface area (TPSA) is 63.7 Å². The standard InChI is InChI=1S/C23H23NO4S/c1-14-8-10-15(11-9-14)29(26,27)24-17-7-5-4-6-16(17)20-21-18(25)12-23(2,3)13-19(21)28-22(20)24/h4-11,20,22H,12-13H2,1-3H3/t20-,22+/m1/s1. The number of ketones is 1. The molecule has 29 heavy (non-hydrogen) atoms. The summed E-state index contributed by atoms with van der Waals surface area (Å²) in [6, 6.07) is 14.2. The van der Waals surface area contributed by atoms with Gasteiger partial charge in [-0.15, -0.1) is 0 Å². The van der Waals surface area contributed by atoms with Crippen LogP contribution in [-0.4, -0.2) is 20.4 Å². The van der Waals surface area contributed by atoms with Crippen molar-refractivity contribution in [3.05, 3.63) is 71.0 Å². The Morgan fingerprint density at radius 2 is 1.72 bits per heavy atom. The Kier molecular flexibility index (Phi) is 3.78. The molecule has 2 aromatic rings. The zero-order valence-corrected chi connectivity index (χ0v) is 17.5. The van der Waals surface area contributed by atoms with Crippen molar-refractivity contribution in [2.45, 2.75) is 50.7 Å². The summed E-state index contributed by atoms with van der Waals surface area (Å²) in [6.07, 6.45) is 0.342. The maximum Gasteiger partial charge on any atom is 0.267 e. The van der Waals surface area contributed by atoms with Gasteiger partial charge in [-0.2, -0.15) is 0 Å². The molecule has 0 fully saturated rings. The van der Waals surface area contributed by atoms with Gasteiger partial charge in [0.05, 0.1) is 16.5 Å². The first-order chi connectivity index (χ1) is 13.7. The number of anilines is 1. The Hall–Kier alpha value is -2.60. The van der Waals surface area contributed by atoms with E-state index in [1.165, 1.54) is 4.31 Å². The Labute approximate surface area is 171 Å². The molecule has 0 unspecified atom stereocenters. The summed E-state index contributed by atoms with van der Waals surface area (Å²) in [4.78, 5) is 13.2. The minimum atomic E-state index is -3.84. The van der Waals surface area contributed by atoms with Crippen molar-refractivity contribution in [3.8, 4) is 0 Å². The van der Waals surface area contributed by atoms with E-state index in [1.54, 1.807) is 30.3 Å². The van der Waals surface area contributed by atoms with Crippen molar-refractivity contribution in [2.75, 3.05) is 4.31 Å². The number of carbonyl (C=O) groups excluding carboxylic acids is 1. The predicted molar refractivity (Wildman–Crippen MR) is 110 cm³/mol. The summed E-state index contributed by atoms with van der Waals surface area (Å²) in [5.74, 6) is 0.345. The summed E-state index contributed by atoms with van der Waals surface area (Å²) in [7, 11) is -3.84. The van der Waals surface area contributed by atoms with E-state index in [0.29, 0.717) is 29.9 Å². The van der Waals surface area contributed by atoms with Crippen molar-refractivity contribution in [3.63, 3.8) is 0 Å². The van der Waals surface area contributed by atoms with Gasteiger partial charge in [-0.3, -0.25) is 4.79 Å². The first-order valence-electron chi connectivity index (χ1n) is 9.82. The highest BCUT2D eigenvalue weighted by molar-refractivity contribution is 7.92. The van der Waals surface area contributed by atoms with E-state index in [1.807, 2.05) is 39.0 Å². The summed E-state index contributed by atoms with van der Waals surface area (Å²) >= 11 is 0. The number of fused-ring (bicyclic) bond motifs is 4. The molecule has 0 spiro atoms. The second-order valence-electron chi connectivity index (χ2n) is 8.94. The molecule has 0 aromatic heterocycles. The lowest BCUT2D eigenvalue weighted by Crippen LogP contribution is -2.39. The molecule has 0 N–H and O–H groups in total. The summed E-state index contributed by atoms with van der Waals surface area (Å²) in [6.45, 7) is 6.00. The molecule has 2 aromatic carbocycles. The number of allylic oxidation sites excluding steroid dienone is 1. The summed E-state index contributed by atoms with van der Waals surface area (Å²) in [5.41, 5.74) is 2.89. The molecular formula is C23H23NO4S. The van der Waals surface area contributed by atoms with Gasteiger partial charge in [-0.25, -0.2) is 12.7 Å². The van der Waals surface area contributed by atoms with Crippen molar-refractivity contribution < 1.29 is 17.9 Å². The molecule has 2 heterocycles. The van der Waals surface area contributed by atoms with Crippen molar-refractivity contribution in [2.24, 2.45) is 5.41 Å². The molecule has 2 atom stereocenters. The fourth-order valence-corrected chi connectivity index (χ4v) is 6.33. The number of ether oxygens (including phenoxy) is 1. The lowest BCUT2D eigenvalue weighted by molar-refractivity contribution is -0.118. The molecule has 0 bridgehead atoms. The van der Waals surface area contributed by atoms with E-state index in [-0.39, 0.29) is 22.0 Å². The fraction of sp³-hybridized carbons (Fsp3) is 0.348. The van der Waals surface area contributed by atoms with Crippen LogP contribution in [0, 0.1) is 12.3 Å². The number of para-hydroxylation sites is 1. The fourth-order valence-electron chi connectivity index (χ4n) is 4.76. The molecular weight excluding hydrogens is 386 g/mol. The van der Waals surface area contributed by atoms with E-state index >= 15 is 0 Å². The molecule has 150 valence electrons. The van der Waals surface area contributed by atoms with Crippen LogP contribution in [0.1, 0.15) is 43.7 Å². The highest BCUT2D eigenvalue weighted by Gasteiger charge is 2.55. The number of aryl methyl sites for hydroxylation is 1. The van der Waals surface area contributed by atoms with Crippen LogP contribution in [0.2, 0.25) is 0 Å². The molecule has 1 aliphatic carbocycles. The van der Waals surface area contributed by atoms with Gasteiger partial charge in [0.1, 0.15) is 5.76 Å². The molecule has 2 aliphatic heterocycles. The lowest BCUT2D eigenvalue weighted by atomic mass is 9.74. The van der Waals surface area contributed by atoms with Crippen molar-refractivity contribution in [1.29, 1.82) is 0 Å². The molecule has 0 saturated carbocycles. The molecule has 5 nitrogen and oxygen atoms in total. The Morgan fingerprint density at radius 3 is 2.45 bits per heavy atom. The van der Waals surface area contributed by atoms with Crippen LogP contribution >= 0.6 is 0 Å². The molecule has 6 heteroatoms. The number of hydrogen-bond acceptors (Lipinski definition) is 4. The molecule has 0 saturated heterocycles. The van der Waals surface area contributed by atoms with Gasteiger partial charge < -0.3 is 4.74 Å². The van der Waals surface area contributed by atoms with Gasteiger partial charge in [-0.1, -0.05) is 49.7 Å². The maximum atomic E-state index is 13.6. The van der Waals surface area contributed by atoms with E-state index in [9.17, 15) is 13.2 Å². The van der Waals surface area contributed by atoms with Crippen molar-refractivity contribution in [1.82, 2.24) is 0 Å². The number of rotatable bonds is 2. The van der Waals surface area contributed by atoms with Crippen LogP contribution in [0.15, 0.2) is 64.8 Å². The second-order valence-corrected chi connectivity index (χ2v) is 10.8. The Bertz CT molecular complexity index is 1160. The minimum absolute atomic E-state index is 0.0631. The number of hydrogen-bond donors (Lipinski definition) is 0. The van der Waals surface area contributed by atoms with Crippen LogP contribution in [-0.2, 0) is 19.6 Å². The zero-order valence-electron chi connectivity index (χ0n) is 16.7. The first-order valence-corrected chi connectivity index (χ1v) is 11.3. The number of sulfonamides is 1. The average molecular weight is 410 g/mol. The van der Waals surface area contributed by atoms with Crippen molar-refractivity contribution >= 4 is 21.5 Å². The quantitative estimate of drug-likeness (QED) is 0.742. The van der Waals surface area contributed by atoms with Crippen LogP contribution in [0.3, 0.4) is 0 Å². The van der Waals surface area contributed by atoms with E-state index in [0.717, 1.165) is 11.1 Å². The van der Waals surface area contributed by atoms with E-state index in [4.69, 9.17) is 4.74 Å². The van der Waals surface area contributed by atoms with E-state index in [2.05, 4.69) is 0 Å². The molecule has 0 amide bonds. The second kappa shape index (κ2) is 5.95. The van der Waals surface area contributed by atoms with Gasteiger partial charge in [0.25, 0.3) is 10.0 Å². The summed E-state index contributed by atoms with van der Waals surface area (Å²) < 4.78 is 34.8. The Balaban J connectivity index is 1.65. The zero-order chi connectivity index (χ0) is 20.6. The third-order valence-corrected chi connectivity index (χ3v) is 7.85. The highest BCUT2D eigenvalue weighted by Crippen LogP contribution is 2.56. The van der Waals surface area contributed by atoms with Gasteiger partial charge in [0, 0.05) is 18.4 Å². The highest BCUT2D eigenvalue weighted by atomic mass is 32.2. The van der Waals surface area contributed by atoms with Gasteiger partial charge in [0.15, 0.2) is 12.0 Å². The Morgan fingerprint density at radius 1 is 1.03 bits per heavy atom. The first kappa shape index (κ1) is 18.4. The summed E-state index contributed by atoms with van der Waals surface area (Å²) in [5, 5.41) is 0. The SMILES string of the molecule is Cc1ccc(S(=O)(=O)N2c3ccccc3[C@@H]3C4=C(CC(C)(C)CC4=O)O[C@@H]32)cc1. The number of Topliss-reactive ketones (excluding diaryl/α,β-unsaturated/α-hetero) is 1. The smallest absolute Gasteiger partial charge is 0.267 e. The third kappa shape index (κ3) is 2.65. The van der Waals surface area contributed by atoms with E-state index < -0.39 is 16.3 Å². The minimum Gasteiger partial charge on any atom is -0.472 e. The largest absolute Gasteiger partial charge is 0.472 e. The predicted octanol–water partition coefficient (Wildman–Crippen LogP) is 4.29. The average Bonchev–Trinajstić information content (AvgIpc) is 3.14. The van der Waals surface area contributed by atoms with Crippen LogP contribution < -0.4 is 4.31 Å². The van der Waals surface area contributed by atoms with Crippen LogP contribution in [0.25, 0.3) is 0 Å². The lowest BCUT2D eigenvalue weighted by Gasteiger charge is -2.30. The molecule has 3 aliphatic rings.